The molecule has 0 aliphatic rings. The molecular formula is C18H22ClN5O. The molecule has 0 atom stereocenters. The highest BCUT2D eigenvalue weighted by Gasteiger charge is 2.13. The summed E-state index contributed by atoms with van der Waals surface area (Å²) < 4.78 is 7.77. The summed E-state index contributed by atoms with van der Waals surface area (Å²) in [5, 5.41) is 15.2. The molecule has 0 aliphatic carbocycles. The number of hydrazine groups is 1. The third-order valence-corrected chi connectivity index (χ3v) is 4.24. The second-order valence-corrected chi connectivity index (χ2v) is 6.10. The topological polar surface area (TPSA) is 80.1 Å². The normalized spacial score (nSPS) is 11.7. The Bertz CT molecular complexity index is 834. The maximum Gasteiger partial charge on any atom is 0.129 e. The van der Waals surface area contributed by atoms with E-state index in [-0.39, 0.29) is 0 Å². The number of nitrogens with two attached hydrogens (primary N) is 1. The number of allylic oxidation sites excluding steroid dienone is 2. The Morgan fingerprint density at radius 2 is 2.16 bits per heavy atom. The summed E-state index contributed by atoms with van der Waals surface area (Å²) in [6, 6.07) is 9.10. The number of aromatic nitrogens is 2. The summed E-state index contributed by atoms with van der Waals surface area (Å²) in [5.74, 6) is 6.99. The maximum absolute atomic E-state index is 8.97. The van der Waals surface area contributed by atoms with Crippen LogP contribution in [0.1, 0.15) is 37.2 Å². The SMILES string of the molecule is CC/C(OCc1cc(C)nn1C)=C(/C)N(N)c1ccc(C#N)c(Cl)c1. The van der Waals surface area contributed by atoms with E-state index in [9.17, 15) is 0 Å². The summed E-state index contributed by atoms with van der Waals surface area (Å²) >= 11 is 6.09. The van der Waals surface area contributed by atoms with Gasteiger partial charge in [0.25, 0.3) is 0 Å². The highest BCUT2D eigenvalue weighted by molar-refractivity contribution is 6.32. The highest BCUT2D eigenvalue weighted by Crippen LogP contribution is 2.25. The lowest BCUT2D eigenvalue weighted by Crippen LogP contribution is -2.30. The monoisotopic (exact) mass is 359 g/mol. The third-order valence-electron chi connectivity index (χ3n) is 3.93. The molecular weight excluding hydrogens is 338 g/mol. The maximum atomic E-state index is 8.97. The minimum Gasteiger partial charge on any atom is -0.490 e. The van der Waals surface area contributed by atoms with Gasteiger partial charge in [-0.1, -0.05) is 18.5 Å². The van der Waals surface area contributed by atoms with E-state index in [2.05, 4.69) is 5.10 Å². The van der Waals surface area contributed by atoms with Crippen molar-refractivity contribution in [2.45, 2.75) is 33.8 Å². The summed E-state index contributed by atoms with van der Waals surface area (Å²) in [4.78, 5) is 0. The fourth-order valence-electron chi connectivity index (χ4n) is 2.50. The van der Waals surface area contributed by atoms with Gasteiger partial charge in [0.05, 0.1) is 33.4 Å². The summed E-state index contributed by atoms with van der Waals surface area (Å²) in [6.45, 7) is 6.26. The first-order valence-corrected chi connectivity index (χ1v) is 8.31. The number of hydrogen-bond donors (Lipinski definition) is 1. The van der Waals surface area contributed by atoms with E-state index in [1.54, 1.807) is 22.9 Å². The Kier molecular flexibility index (Phi) is 6.07. The number of nitrogens with zero attached hydrogens (tertiary/aromatic N) is 4. The predicted octanol–water partition coefficient (Wildman–Crippen LogP) is 3.79. The van der Waals surface area contributed by atoms with Crippen molar-refractivity contribution in [1.29, 1.82) is 5.26 Å². The standard InChI is InChI=1S/C18H22ClN5O/c1-5-18(25-11-16-8-12(2)22-23(16)4)13(3)24(21)15-7-6-14(10-20)17(19)9-15/h6-9H,5,11,21H2,1-4H3/b18-13+. The van der Waals surface area contributed by atoms with Gasteiger partial charge in [-0.3, -0.25) is 9.69 Å². The molecule has 0 aliphatic heterocycles. The van der Waals surface area contributed by atoms with Crippen LogP contribution in [0.2, 0.25) is 5.02 Å². The van der Waals surface area contributed by atoms with Crippen LogP contribution in [0.5, 0.6) is 0 Å². The van der Waals surface area contributed by atoms with Gasteiger partial charge < -0.3 is 4.74 Å². The van der Waals surface area contributed by atoms with Crippen LogP contribution >= 0.6 is 11.6 Å². The number of ether oxygens (including phenoxy) is 1. The minimum absolute atomic E-state index is 0.368. The van der Waals surface area contributed by atoms with Crippen LogP contribution in [0.25, 0.3) is 0 Å². The number of aryl methyl sites for hydroxylation is 2. The van der Waals surface area contributed by atoms with Crippen LogP contribution < -0.4 is 10.9 Å². The second-order valence-electron chi connectivity index (χ2n) is 5.70. The van der Waals surface area contributed by atoms with Gasteiger partial charge in [0.1, 0.15) is 18.4 Å². The fraction of sp³-hybridized carbons (Fsp3) is 0.333. The van der Waals surface area contributed by atoms with Crippen LogP contribution in [0, 0.1) is 18.3 Å². The van der Waals surface area contributed by atoms with E-state index in [0.29, 0.717) is 29.3 Å². The molecule has 0 radical (unpaired) electrons. The number of rotatable bonds is 6. The van der Waals surface area contributed by atoms with Gasteiger partial charge >= 0.3 is 0 Å². The molecule has 0 fully saturated rings. The van der Waals surface area contributed by atoms with Crippen molar-refractivity contribution in [2.24, 2.45) is 12.9 Å². The molecule has 2 rings (SSSR count). The fourth-order valence-corrected chi connectivity index (χ4v) is 2.71. The number of anilines is 1. The van der Waals surface area contributed by atoms with E-state index >= 15 is 0 Å². The first-order chi connectivity index (χ1) is 11.9. The second kappa shape index (κ2) is 8.06. The number of hydrogen-bond acceptors (Lipinski definition) is 5. The molecule has 132 valence electrons. The van der Waals surface area contributed by atoms with Crippen molar-refractivity contribution >= 4 is 17.3 Å². The lowest BCUT2D eigenvalue weighted by molar-refractivity contribution is 0.180. The highest BCUT2D eigenvalue weighted by atomic mass is 35.5. The van der Waals surface area contributed by atoms with Crippen molar-refractivity contribution in [3.63, 3.8) is 0 Å². The molecule has 0 bridgehead atoms. The molecule has 1 heterocycles. The van der Waals surface area contributed by atoms with E-state index in [1.807, 2.05) is 40.0 Å². The predicted molar refractivity (Wildman–Crippen MR) is 98.6 cm³/mol. The first kappa shape index (κ1) is 18.8. The number of nitriles is 1. The smallest absolute Gasteiger partial charge is 0.129 e. The van der Waals surface area contributed by atoms with Gasteiger partial charge in [-0.15, -0.1) is 0 Å². The Labute approximate surface area is 153 Å². The quantitative estimate of drug-likeness (QED) is 0.482. The van der Waals surface area contributed by atoms with Crippen molar-refractivity contribution in [3.8, 4) is 6.07 Å². The molecule has 2 aromatic rings. The van der Waals surface area contributed by atoms with Crippen LogP contribution in [0.4, 0.5) is 5.69 Å². The van der Waals surface area contributed by atoms with E-state index in [1.165, 1.54) is 5.01 Å². The van der Waals surface area contributed by atoms with Crippen LogP contribution in [-0.2, 0) is 18.4 Å². The molecule has 0 saturated heterocycles. The molecule has 0 unspecified atom stereocenters. The minimum atomic E-state index is 0.368. The van der Waals surface area contributed by atoms with Gasteiger partial charge in [-0.05, 0) is 38.1 Å². The lowest BCUT2D eigenvalue weighted by atomic mass is 10.2. The molecule has 6 nitrogen and oxygen atoms in total. The van der Waals surface area contributed by atoms with Crippen molar-refractivity contribution in [3.05, 3.63) is 57.7 Å². The van der Waals surface area contributed by atoms with Gasteiger partial charge in [0.2, 0.25) is 0 Å². The molecule has 25 heavy (non-hydrogen) atoms. The first-order valence-electron chi connectivity index (χ1n) is 7.93. The zero-order valence-corrected chi connectivity index (χ0v) is 15.6. The number of benzene rings is 1. The van der Waals surface area contributed by atoms with E-state index < -0.39 is 0 Å². The molecule has 1 aromatic heterocycles. The van der Waals surface area contributed by atoms with Crippen LogP contribution in [0.15, 0.2) is 35.7 Å². The average molecular weight is 360 g/mol. The van der Waals surface area contributed by atoms with Crippen LogP contribution in [-0.4, -0.2) is 9.78 Å². The van der Waals surface area contributed by atoms with Gasteiger partial charge in [0, 0.05) is 13.5 Å². The lowest BCUT2D eigenvalue weighted by Gasteiger charge is -2.23. The van der Waals surface area contributed by atoms with Crippen molar-refractivity contribution < 1.29 is 4.74 Å². The largest absolute Gasteiger partial charge is 0.490 e. The zero-order chi connectivity index (χ0) is 18.6. The Hall–Kier alpha value is -2.49. The Morgan fingerprint density at radius 1 is 1.44 bits per heavy atom. The molecule has 1 aromatic carbocycles. The molecule has 0 spiro atoms. The zero-order valence-electron chi connectivity index (χ0n) is 14.9. The summed E-state index contributed by atoms with van der Waals surface area (Å²) in [5.41, 5.74) is 3.82. The van der Waals surface area contributed by atoms with E-state index in [0.717, 1.165) is 22.8 Å². The summed E-state index contributed by atoms with van der Waals surface area (Å²) in [7, 11) is 1.89. The Balaban J connectivity index is 2.20. The Morgan fingerprint density at radius 3 is 2.68 bits per heavy atom. The average Bonchev–Trinajstić information content (AvgIpc) is 2.91. The van der Waals surface area contributed by atoms with Crippen molar-refractivity contribution in [1.82, 2.24) is 9.78 Å². The van der Waals surface area contributed by atoms with Gasteiger partial charge in [-0.25, -0.2) is 5.84 Å². The van der Waals surface area contributed by atoms with Gasteiger partial charge in [0.15, 0.2) is 0 Å². The molecule has 0 saturated carbocycles. The van der Waals surface area contributed by atoms with E-state index in [4.69, 9.17) is 27.4 Å². The summed E-state index contributed by atoms with van der Waals surface area (Å²) in [6.07, 6.45) is 0.695. The molecule has 7 heteroatoms. The van der Waals surface area contributed by atoms with Gasteiger partial charge in [-0.2, -0.15) is 10.4 Å². The van der Waals surface area contributed by atoms with Crippen molar-refractivity contribution in [2.75, 3.05) is 5.01 Å². The molecule has 0 amide bonds. The number of halogens is 1. The third kappa shape index (κ3) is 4.32. The molecule has 2 N–H and O–H groups in total. The van der Waals surface area contributed by atoms with Crippen LogP contribution in [0.3, 0.4) is 0 Å².